The Balaban J connectivity index is 1.10. The molecule has 1 N–H and O–H groups in total. The number of nitrogens with one attached hydrogen (secondary N) is 1. The Hall–Kier alpha value is -1.75. The number of amides is 1. The van der Waals surface area contributed by atoms with Crippen LogP contribution in [0.15, 0.2) is 18.2 Å². The maximum atomic E-state index is 12.6. The zero-order chi connectivity index (χ0) is 19.1. The van der Waals surface area contributed by atoms with Crippen LogP contribution >= 0.6 is 0 Å². The van der Waals surface area contributed by atoms with Crippen LogP contribution in [-0.4, -0.2) is 38.4 Å². The fourth-order valence-corrected chi connectivity index (χ4v) is 6.46. The van der Waals surface area contributed by atoms with Crippen LogP contribution in [0.25, 0.3) is 0 Å². The van der Waals surface area contributed by atoms with Gasteiger partial charge in [-0.05, 0) is 86.5 Å². The Labute approximate surface area is 167 Å². The molecule has 28 heavy (non-hydrogen) atoms. The average Bonchev–Trinajstić information content (AvgIpc) is 2.69. The highest BCUT2D eigenvalue weighted by Gasteiger charge is 2.51. The van der Waals surface area contributed by atoms with Crippen molar-refractivity contribution in [2.45, 2.75) is 50.5 Å². The van der Waals surface area contributed by atoms with E-state index in [9.17, 15) is 4.79 Å². The second-order valence-corrected chi connectivity index (χ2v) is 9.43. The summed E-state index contributed by atoms with van der Waals surface area (Å²) in [5, 5.41) is 3.07. The van der Waals surface area contributed by atoms with E-state index < -0.39 is 0 Å². The number of carbonyl (C=O) groups is 1. The third-order valence-corrected chi connectivity index (χ3v) is 7.34. The molecule has 4 saturated carbocycles. The molecule has 1 aromatic rings. The SMILES string of the molecule is COc1ccc2c(c1)C[C@@H](C(=O)NCCOC13CC4CC(CC(C4)C1)C3)CO2. The molecule has 1 aliphatic heterocycles. The summed E-state index contributed by atoms with van der Waals surface area (Å²) >= 11 is 0. The van der Waals surface area contributed by atoms with Crippen LogP contribution in [0.2, 0.25) is 0 Å². The summed E-state index contributed by atoms with van der Waals surface area (Å²) in [6.07, 6.45) is 8.67. The van der Waals surface area contributed by atoms with Gasteiger partial charge in [0.1, 0.15) is 18.1 Å². The first-order chi connectivity index (χ1) is 13.6. The number of hydrogen-bond acceptors (Lipinski definition) is 4. The quantitative estimate of drug-likeness (QED) is 0.763. The van der Waals surface area contributed by atoms with Crippen molar-refractivity contribution in [1.29, 1.82) is 0 Å². The highest BCUT2D eigenvalue weighted by molar-refractivity contribution is 5.79. The van der Waals surface area contributed by atoms with Gasteiger partial charge in [0.15, 0.2) is 0 Å². The van der Waals surface area contributed by atoms with E-state index in [1.807, 2.05) is 18.2 Å². The first-order valence-corrected chi connectivity index (χ1v) is 10.8. The summed E-state index contributed by atoms with van der Waals surface area (Å²) in [4.78, 5) is 12.6. The van der Waals surface area contributed by atoms with Gasteiger partial charge in [-0.1, -0.05) is 0 Å². The predicted molar refractivity (Wildman–Crippen MR) is 106 cm³/mol. The van der Waals surface area contributed by atoms with Gasteiger partial charge >= 0.3 is 0 Å². The van der Waals surface area contributed by atoms with E-state index in [0.717, 1.165) is 34.8 Å². The zero-order valence-electron chi connectivity index (χ0n) is 16.7. The Morgan fingerprint density at radius 2 is 1.89 bits per heavy atom. The Morgan fingerprint density at radius 1 is 1.18 bits per heavy atom. The molecular weight excluding hydrogens is 354 g/mol. The van der Waals surface area contributed by atoms with Crippen molar-refractivity contribution >= 4 is 5.91 Å². The van der Waals surface area contributed by atoms with Gasteiger partial charge in [-0.3, -0.25) is 4.79 Å². The van der Waals surface area contributed by atoms with Gasteiger partial charge in [-0.15, -0.1) is 0 Å². The molecule has 1 atom stereocenters. The summed E-state index contributed by atoms with van der Waals surface area (Å²) in [5.41, 5.74) is 1.15. The average molecular weight is 386 g/mol. The van der Waals surface area contributed by atoms with Crippen molar-refractivity contribution in [3.8, 4) is 11.5 Å². The Kier molecular flexibility index (Phi) is 4.74. The standard InChI is InChI=1S/C23H31NO4/c1-26-20-2-3-21-18(10-20)9-19(14-27-21)22(25)24-4-5-28-23-11-15-6-16(12-23)8-17(7-15)13-23/h2-3,10,15-17,19H,4-9,11-14H2,1H3,(H,24,25)/t15?,16?,17?,19-,23?/m1/s1. The van der Waals surface area contributed by atoms with Crippen molar-refractivity contribution < 1.29 is 19.0 Å². The van der Waals surface area contributed by atoms with E-state index >= 15 is 0 Å². The number of methoxy groups -OCH3 is 1. The third-order valence-electron chi connectivity index (χ3n) is 7.34. The second-order valence-electron chi connectivity index (χ2n) is 9.43. The van der Waals surface area contributed by atoms with E-state index in [1.54, 1.807) is 7.11 Å². The molecule has 0 saturated heterocycles. The summed E-state index contributed by atoms with van der Waals surface area (Å²) in [6, 6.07) is 5.77. The summed E-state index contributed by atoms with van der Waals surface area (Å²) < 4.78 is 17.5. The normalized spacial score (nSPS) is 35.2. The third kappa shape index (κ3) is 3.49. The molecule has 4 fully saturated rings. The largest absolute Gasteiger partial charge is 0.497 e. The van der Waals surface area contributed by atoms with Gasteiger partial charge < -0.3 is 19.5 Å². The molecule has 1 amide bonds. The van der Waals surface area contributed by atoms with Crippen LogP contribution in [0.5, 0.6) is 11.5 Å². The van der Waals surface area contributed by atoms with Crippen LogP contribution in [0, 0.1) is 23.7 Å². The maximum Gasteiger partial charge on any atom is 0.226 e. The van der Waals surface area contributed by atoms with Crippen molar-refractivity contribution in [2.75, 3.05) is 26.9 Å². The number of rotatable bonds is 6. The maximum absolute atomic E-state index is 12.6. The minimum Gasteiger partial charge on any atom is -0.497 e. The molecular formula is C23H31NO4. The van der Waals surface area contributed by atoms with Gasteiger partial charge in [0, 0.05) is 6.54 Å². The van der Waals surface area contributed by atoms with Crippen molar-refractivity contribution in [3.05, 3.63) is 23.8 Å². The minimum atomic E-state index is -0.154. The predicted octanol–water partition coefficient (Wildman–Crippen LogP) is 3.35. The molecule has 0 spiro atoms. The van der Waals surface area contributed by atoms with Gasteiger partial charge in [0.2, 0.25) is 5.91 Å². The molecule has 6 rings (SSSR count). The Bertz CT molecular complexity index is 711. The van der Waals surface area contributed by atoms with Crippen LogP contribution in [0.4, 0.5) is 0 Å². The first-order valence-electron chi connectivity index (χ1n) is 10.8. The fraction of sp³-hybridized carbons (Fsp3) is 0.696. The van der Waals surface area contributed by atoms with Crippen molar-refractivity contribution in [2.24, 2.45) is 23.7 Å². The highest BCUT2D eigenvalue weighted by atomic mass is 16.5. The lowest BCUT2D eigenvalue weighted by atomic mass is 9.54. The second kappa shape index (κ2) is 7.25. The lowest BCUT2D eigenvalue weighted by molar-refractivity contribution is -0.162. The number of carbonyl (C=O) groups excluding carboxylic acids is 1. The molecule has 1 aromatic carbocycles. The number of fused-ring (bicyclic) bond motifs is 1. The lowest BCUT2D eigenvalue weighted by Gasteiger charge is -2.56. The molecule has 0 unspecified atom stereocenters. The molecule has 4 bridgehead atoms. The molecule has 152 valence electrons. The van der Waals surface area contributed by atoms with E-state index in [-0.39, 0.29) is 17.4 Å². The number of hydrogen-bond donors (Lipinski definition) is 1. The minimum absolute atomic E-state index is 0.0579. The summed E-state index contributed by atoms with van der Waals surface area (Å²) in [6.45, 7) is 1.64. The van der Waals surface area contributed by atoms with Gasteiger partial charge in [0.05, 0.1) is 25.2 Å². The monoisotopic (exact) mass is 385 g/mol. The van der Waals surface area contributed by atoms with E-state index in [2.05, 4.69) is 5.32 Å². The van der Waals surface area contributed by atoms with Gasteiger partial charge in [-0.25, -0.2) is 0 Å². The number of benzene rings is 1. The van der Waals surface area contributed by atoms with E-state index in [1.165, 1.54) is 38.5 Å². The van der Waals surface area contributed by atoms with Gasteiger partial charge in [0.25, 0.3) is 0 Å². The molecule has 5 aliphatic rings. The van der Waals surface area contributed by atoms with Crippen molar-refractivity contribution in [3.63, 3.8) is 0 Å². The molecule has 0 radical (unpaired) electrons. The summed E-state index contributed by atoms with van der Waals surface area (Å²) in [7, 11) is 1.65. The zero-order valence-corrected chi connectivity index (χ0v) is 16.7. The number of ether oxygens (including phenoxy) is 3. The highest BCUT2D eigenvalue weighted by Crippen LogP contribution is 2.57. The first kappa shape index (κ1) is 18.3. The Morgan fingerprint density at radius 3 is 2.57 bits per heavy atom. The van der Waals surface area contributed by atoms with Crippen molar-refractivity contribution in [1.82, 2.24) is 5.32 Å². The van der Waals surface area contributed by atoms with E-state index in [0.29, 0.717) is 26.2 Å². The van der Waals surface area contributed by atoms with E-state index in [4.69, 9.17) is 14.2 Å². The van der Waals surface area contributed by atoms with Gasteiger partial charge in [-0.2, -0.15) is 0 Å². The topological polar surface area (TPSA) is 56.8 Å². The van der Waals surface area contributed by atoms with Crippen LogP contribution < -0.4 is 14.8 Å². The fourth-order valence-electron chi connectivity index (χ4n) is 6.46. The summed E-state index contributed by atoms with van der Waals surface area (Å²) in [5.74, 6) is 4.22. The molecule has 4 aliphatic carbocycles. The molecule has 0 aromatic heterocycles. The smallest absolute Gasteiger partial charge is 0.226 e. The lowest BCUT2D eigenvalue weighted by Crippen LogP contribution is -2.52. The van der Waals surface area contributed by atoms with Crippen LogP contribution in [-0.2, 0) is 16.0 Å². The van der Waals surface area contributed by atoms with Crippen LogP contribution in [0.3, 0.4) is 0 Å². The van der Waals surface area contributed by atoms with Crippen LogP contribution in [0.1, 0.15) is 44.1 Å². The molecule has 1 heterocycles. The molecule has 5 nitrogen and oxygen atoms in total. The molecule has 5 heteroatoms.